The summed E-state index contributed by atoms with van der Waals surface area (Å²) in [6.45, 7) is 0. The Morgan fingerprint density at radius 2 is 2.00 bits per heavy atom. The largest absolute Gasteiger partial charge is 0.495 e. The number of H-pyrrole nitrogens is 1. The van der Waals surface area contributed by atoms with Crippen molar-refractivity contribution in [2.45, 2.75) is 0 Å². The molecule has 6 nitrogen and oxygen atoms in total. The fourth-order valence-electron chi connectivity index (χ4n) is 1.37. The average molecular weight is 273 g/mol. The third-order valence-corrected chi connectivity index (χ3v) is 2.73. The zero-order chi connectivity index (χ0) is 12.4. The zero-order valence-electron chi connectivity index (χ0n) is 9.10. The molecule has 2 rings (SSSR count). The predicted molar refractivity (Wildman–Crippen MR) is 64.7 cm³/mol. The smallest absolute Gasteiger partial charge is 0.243 e. The van der Waals surface area contributed by atoms with Crippen LogP contribution in [0.5, 0.6) is 11.5 Å². The van der Waals surface area contributed by atoms with Gasteiger partial charge in [0.05, 0.1) is 19.2 Å². The maximum Gasteiger partial charge on any atom is 0.243 e. The van der Waals surface area contributed by atoms with E-state index in [9.17, 15) is 0 Å². The lowest BCUT2D eigenvalue weighted by Crippen LogP contribution is -2.01. The Bertz CT molecular complexity index is 595. The summed E-state index contributed by atoms with van der Waals surface area (Å²) in [5, 5.41) is 10.4. The average Bonchev–Trinajstić information content (AvgIpc) is 2.75. The molecule has 1 heterocycles. The molecule has 0 amide bonds. The summed E-state index contributed by atoms with van der Waals surface area (Å²) in [5.41, 5.74) is 0.619. The highest BCUT2D eigenvalue weighted by atomic mass is 35.5. The highest BCUT2D eigenvalue weighted by Gasteiger charge is 2.12. The van der Waals surface area contributed by atoms with E-state index in [1.54, 1.807) is 19.2 Å². The number of aromatic amines is 1. The molecule has 0 saturated heterocycles. The molecule has 0 atom stereocenters. The number of hydrogen-bond donors (Lipinski definition) is 1. The molecule has 90 valence electrons. The minimum Gasteiger partial charge on any atom is -0.495 e. The summed E-state index contributed by atoms with van der Waals surface area (Å²) in [6.07, 6.45) is 0. The lowest BCUT2D eigenvalue weighted by molar-refractivity contribution is 0.392. The summed E-state index contributed by atoms with van der Waals surface area (Å²) >= 11 is 11.1. The Morgan fingerprint density at radius 1 is 1.29 bits per heavy atom. The van der Waals surface area contributed by atoms with Crippen LogP contribution in [-0.2, 0) is 0 Å². The third kappa shape index (κ3) is 2.11. The van der Waals surface area contributed by atoms with Gasteiger partial charge in [0.2, 0.25) is 4.77 Å². The third-order valence-electron chi connectivity index (χ3n) is 2.17. The number of nitrogens with one attached hydrogen (secondary N) is 1. The Labute approximate surface area is 107 Å². The Kier molecular flexibility index (Phi) is 3.30. The fraction of sp³-hybridized carbons (Fsp3) is 0.222. The summed E-state index contributed by atoms with van der Waals surface area (Å²) in [4.78, 5) is 0. The van der Waals surface area contributed by atoms with E-state index < -0.39 is 0 Å². The van der Waals surface area contributed by atoms with Crippen LogP contribution in [0.25, 0.3) is 5.69 Å². The summed E-state index contributed by atoms with van der Waals surface area (Å²) < 4.78 is 12.1. The summed E-state index contributed by atoms with van der Waals surface area (Å²) in [5.74, 6) is 1.07. The molecule has 17 heavy (non-hydrogen) atoms. The molecule has 2 aromatic rings. The first kappa shape index (κ1) is 11.9. The first-order valence-corrected chi connectivity index (χ1v) is 5.38. The van der Waals surface area contributed by atoms with Crippen molar-refractivity contribution in [3.63, 3.8) is 0 Å². The second kappa shape index (κ2) is 4.72. The van der Waals surface area contributed by atoms with E-state index in [1.807, 2.05) is 0 Å². The van der Waals surface area contributed by atoms with Crippen molar-refractivity contribution in [1.29, 1.82) is 0 Å². The number of halogens is 1. The maximum absolute atomic E-state index is 6.05. The van der Waals surface area contributed by atoms with Crippen LogP contribution in [-0.4, -0.2) is 34.4 Å². The molecule has 1 N–H and O–H groups in total. The van der Waals surface area contributed by atoms with Gasteiger partial charge in [-0.15, -0.1) is 0 Å². The maximum atomic E-state index is 6.05. The summed E-state index contributed by atoms with van der Waals surface area (Å²) in [6, 6.07) is 3.33. The van der Waals surface area contributed by atoms with Crippen LogP contribution in [0.2, 0.25) is 5.02 Å². The lowest BCUT2D eigenvalue weighted by atomic mass is 10.2. The van der Waals surface area contributed by atoms with E-state index >= 15 is 0 Å². The molecule has 0 aliphatic rings. The van der Waals surface area contributed by atoms with Gasteiger partial charge in [-0.05, 0) is 18.3 Å². The van der Waals surface area contributed by atoms with E-state index in [0.717, 1.165) is 0 Å². The quantitative estimate of drug-likeness (QED) is 0.866. The van der Waals surface area contributed by atoms with Gasteiger partial charge in [-0.2, -0.15) is 5.21 Å². The number of hydrogen-bond acceptors (Lipinski definition) is 5. The Morgan fingerprint density at radius 3 is 2.53 bits per heavy atom. The minimum atomic E-state index is 0.282. The van der Waals surface area contributed by atoms with Gasteiger partial charge < -0.3 is 9.47 Å². The van der Waals surface area contributed by atoms with Gasteiger partial charge in [0.25, 0.3) is 0 Å². The normalized spacial score (nSPS) is 10.3. The van der Waals surface area contributed by atoms with Crippen LogP contribution < -0.4 is 9.47 Å². The number of benzene rings is 1. The first-order valence-electron chi connectivity index (χ1n) is 4.59. The van der Waals surface area contributed by atoms with Crippen LogP contribution in [0, 0.1) is 4.77 Å². The van der Waals surface area contributed by atoms with Crippen molar-refractivity contribution in [2.24, 2.45) is 0 Å². The van der Waals surface area contributed by atoms with E-state index in [-0.39, 0.29) is 4.77 Å². The SMILES string of the molecule is COc1cc(OC)c(-n2[nH]nnc2=S)cc1Cl. The molecule has 0 spiro atoms. The van der Waals surface area contributed by atoms with Gasteiger partial charge in [0.1, 0.15) is 17.2 Å². The molecule has 0 unspecified atom stereocenters. The number of tetrazole rings is 1. The van der Waals surface area contributed by atoms with E-state index in [0.29, 0.717) is 22.2 Å². The Balaban J connectivity index is 2.66. The number of ether oxygens (including phenoxy) is 2. The molecule has 0 aliphatic heterocycles. The number of aromatic nitrogens is 4. The fourth-order valence-corrected chi connectivity index (χ4v) is 1.79. The highest BCUT2D eigenvalue weighted by molar-refractivity contribution is 7.71. The second-order valence-electron chi connectivity index (χ2n) is 3.08. The van der Waals surface area contributed by atoms with Gasteiger partial charge in [0.15, 0.2) is 0 Å². The molecule has 8 heteroatoms. The predicted octanol–water partition coefficient (Wildman–Crippen LogP) is 2.00. The van der Waals surface area contributed by atoms with Gasteiger partial charge in [-0.1, -0.05) is 21.9 Å². The first-order chi connectivity index (χ1) is 8.17. The molecule has 0 fully saturated rings. The van der Waals surface area contributed by atoms with Gasteiger partial charge in [-0.3, -0.25) is 0 Å². The minimum absolute atomic E-state index is 0.282. The van der Waals surface area contributed by atoms with Crippen molar-refractivity contribution in [3.05, 3.63) is 21.9 Å². The number of methoxy groups -OCH3 is 2. The molecule has 1 aromatic heterocycles. The van der Waals surface area contributed by atoms with Crippen molar-refractivity contribution in [3.8, 4) is 17.2 Å². The van der Waals surface area contributed by atoms with E-state index in [1.165, 1.54) is 11.8 Å². The second-order valence-corrected chi connectivity index (χ2v) is 3.85. The van der Waals surface area contributed by atoms with Crippen LogP contribution in [0.3, 0.4) is 0 Å². The highest BCUT2D eigenvalue weighted by Crippen LogP contribution is 2.34. The molecular formula is C9H9ClN4O2S. The van der Waals surface area contributed by atoms with E-state index in [4.69, 9.17) is 33.3 Å². The number of nitrogens with zero attached hydrogens (tertiary/aromatic N) is 3. The monoisotopic (exact) mass is 272 g/mol. The van der Waals surface area contributed by atoms with Crippen molar-refractivity contribution >= 4 is 23.8 Å². The zero-order valence-corrected chi connectivity index (χ0v) is 10.7. The molecular weight excluding hydrogens is 264 g/mol. The molecule has 0 saturated carbocycles. The van der Waals surface area contributed by atoms with Crippen LogP contribution in [0.15, 0.2) is 12.1 Å². The van der Waals surface area contributed by atoms with Crippen LogP contribution in [0.4, 0.5) is 0 Å². The molecule has 0 aliphatic carbocycles. The van der Waals surface area contributed by atoms with Crippen LogP contribution in [0.1, 0.15) is 0 Å². The molecule has 0 bridgehead atoms. The van der Waals surface area contributed by atoms with Crippen molar-refractivity contribution in [1.82, 2.24) is 20.2 Å². The van der Waals surface area contributed by atoms with Crippen molar-refractivity contribution < 1.29 is 9.47 Å². The summed E-state index contributed by atoms with van der Waals surface area (Å²) in [7, 11) is 3.07. The topological polar surface area (TPSA) is 65.0 Å². The lowest BCUT2D eigenvalue weighted by Gasteiger charge is -2.11. The van der Waals surface area contributed by atoms with Gasteiger partial charge >= 0.3 is 0 Å². The molecule has 0 radical (unpaired) electrons. The number of rotatable bonds is 3. The Hall–Kier alpha value is -1.60. The molecule has 1 aromatic carbocycles. The standard InChI is InChI=1S/C9H9ClN4O2S/c1-15-7-4-8(16-2)6(3-5(7)10)14-9(17)11-12-13-14/h3-4H,1-2H3,(H,11,13,17). The van der Waals surface area contributed by atoms with Crippen molar-refractivity contribution in [2.75, 3.05) is 14.2 Å². The van der Waals surface area contributed by atoms with E-state index in [2.05, 4.69) is 15.5 Å². The van der Waals surface area contributed by atoms with Gasteiger partial charge in [0, 0.05) is 6.07 Å². The van der Waals surface area contributed by atoms with Gasteiger partial charge in [-0.25, -0.2) is 4.68 Å². The van der Waals surface area contributed by atoms with Crippen LogP contribution >= 0.6 is 23.8 Å².